The average molecular weight is 441 g/mol. The second-order valence-electron chi connectivity index (χ2n) is 7.44. The Hall–Kier alpha value is -3.00. The highest BCUT2D eigenvalue weighted by Crippen LogP contribution is 2.33. The van der Waals surface area contributed by atoms with Crippen molar-refractivity contribution >= 4 is 23.2 Å². The van der Waals surface area contributed by atoms with Gasteiger partial charge in [-0.3, -0.25) is 0 Å². The van der Waals surface area contributed by atoms with Gasteiger partial charge in [-0.05, 0) is 49.6 Å². The summed E-state index contributed by atoms with van der Waals surface area (Å²) in [5.41, 5.74) is 1.93. The number of rotatable bonds is 6. The van der Waals surface area contributed by atoms with Crippen molar-refractivity contribution in [3.05, 3.63) is 64.5 Å². The summed E-state index contributed by atoms with van der Waals surface area (Å²) in [5.74, 6) is 1.13. The molecule has 0 radical (unpaired) electrons. The number of hydrogen-bond donors (Lipinski definition) is 1. The predicted octanol–water partition coefficient (Wildman–Crippen LogP) is 4.97. The standard InChI is InChI=1S/C23H25FN4O2S/c1-2-25-23(29)30-15-20-14-27-22(31-20)17-9-11-28(12-10-17)21-8-5-18(13-26-21)16-3-6-19(24)7-4-16/h3-8,13-14,17H,2,9-12,15H2,1H3,(H,25,29). The van der Waals surface area contributed by atoms with Crippen LogP contribution in [0.4, 0.5) is 15.0 Å². The van der Waals surface area contributed by atoms with Crippen molar-refractivity contribution in [1.29, 1.82) is 0 Å². The van der Waals surface area contributed by atoms with E-state index in [4.69, 9.17) is 4.74 Å². The number of aromatic nitrogens is 2. The van der Waals surface area contributed by atoms with Crippen molar-refractivity contribution in [2.75, 3.05) is 24.5 Å². The highest BCUT2D eigenvalue weighted by Gasteiger charge is 2.24. The summed E-state index contributed by atoms with van der Waals surface area (Å²) in [6, 6.07) is 10.5. The van der Waals surface area contributed by atoms with Gasteiger partial charge in [0.1, 0.15) is 18.2 Å². The molecule has 3 aromatic rings. The van der Waals surface area contributed by atoms with E-state index in [1.165, 1.54) is 12.1 Å². The Morgan fingerprint density at radius 2 is 1.87 bits per heavy atom. The van der Waals surface area contributed by atoms with Crippen molar-refractivity contribution in [3.63, 3.8) is 0 Å². The lowest BCUT2D eigenvalue weighted by Crippen LogP contribution is -2.33. The lowest BCUT2D eigenvalue weighted by molar-refractivity contribution is 0.141. The Balaban J connectivity index is 1.30. The SMILES string of the molecule is CCNC(=O)OCc1cnc(C2CCN(c3ccc(-c4ccc(F)cc4)cn3)CC2)s1. The molecule has 1 saturated heterocycles. The van der Waals surface area contributed by atoms with Crippen LogP contribution in [0.15, 0.2) is 48.8 Å². The number of pyridine rings is 1. The van der Waals surface area contributed by atoms with Crippen molar-refractivity contribution in [2.45, 2.75) is 32.3 Å². The summed E-state index contributed by atoms with van der Waals surface area (Å²) in [5, 5.41) is 3.72. The van der Waals surface area contributed by atoms with Crippen LogP contribution < -0.4 is 10.2 Å². The Bertz CT molecular complexity index is 999. The topological polar surface area (TPSA) is 67.3 Å². The quantitative estimate of drug-likeness (QED) is 0.586. The summed E-state index contributed by atoms with van der Waals surface area (Å²) in [4.78, 5) is 23.9. The molecule has 1 aliphatic rings. The number of anilines is 1. The van der Waals surface area contributed by atoms with Crippen LogP contribution in [0.3, 0.4) is 0 Å². The van der Waals surface area contributed by atoms with Crippen molar-refractivity contribution in [3.8, 4) is 11.1 Å². The van der Waals surface area contributed by atoms with E-state index in [1.54, 1.807) is 29.7 Å². The number of thiazole rings is 1. The lowest BCUT2D eigenvalue weighted by Gasteiger charge is -2.32. The van der Waals surface area contributed by atoms with E-state index in [-0.39, 0.29) is 12.4 Å². The van der Waals surface area contributed by atoms with Crippen molar-refractivity contribution < 1.29 is 13.9 Å². The Morgan fingerprint density at radius 1 is 1.13 bits per heavy atom. The normalized spacial score (nSPS) is 14.5. The molecule has 4 rings (SSSR count). The first-order chi connectivity index (χ1) is 15.1. The molecular formula is C23H25FN4O2S. The fourth-order valence-electron chi connectivity index (χ4n) is 3.65. The van der Waals surface area contributed by atoms with Gasteiger partial charge in [-0.1, -0.05) is 12.1 Å². The molecule has 31 heavy (non-hydrogen) atoms. The van der Waals surface area contributed by atoms with Crippen LogP contribution in [0.2, 0.25) is 0 Å². The molecule has 8 heteroatoms. The molecular weight excluding hydrogens is 415 g/mol. The number of nitrogens with zero attached hydrogens (tertiary/aromatic N) is 3. The zero-order valence-electron chi connectivity index (χ0n) is 17.4. The first-order valence-electron chi connectivity index (χ1n) is 10.4. The van der Waals surface area contributed by atoms with Crippen LogP contribution in [-0.2, 0) is 11.3 Å². The van der Waals surface area contributed by atoms with Gasteiger partial charge in [-0.25, -0.2) is 19.2 Å². The average Bonchev–Trinajstić information content (AvgIpc) is 3.28. The van der Waals surface area contributed by atoms with Gasteiger partial charge in [-0.15, -0.1) is 11.3 Å². The van der Waals surface area contributed by atoms with Crippen LogP contribution in [0.5, 0.6) is 0 Å². The smallest absolute Gasteiger partial charge is 0.407 e. The maximum Gasteiger partial charge on any atom is 0.407 e. The van der Waals surface area contributed by atoms with E-state index in [0.717, 1.165) is 52.8 Å². The van der Waals surface area contributed by atoms with E-state index in [0.29, 0.717) is 12.5 Å². The molecule has 0 aliphatic carbocycles. The fraction of sp³-hybridized carbons (Fsp3) is 0.348. The number of ether oxygens (including phenoxy) is 1. The number of piperidine rings is 1. The maximum atomic E-state index is 13.1. The van der Waals surface area contributed by atoms with Crippen molar-refractivity contribution in [2.24, 2.45) is 0 Å². The predicted molar refractivity (Wildman–Crippen MR) is 120 cm³/mol. The molecule has 1 N–H and O–H groups in total. The van der Waals surface area contributed by atoms with E-state index in [1.807, 2.05) is 25.3 Å². The number of carbonyl (C=O) groups is 1. The van der Waals surface area contributed by atoms with Gasteiger partial charge in [0.2, 0.25) is 0 Å². The molecule has 2 aromatic heterocycles. The number of benzene rings is 1. The van der Waals surface area contributed by atoms with E-state index in [2.05, 4.69) is 20.2 Å². The number of carbonyl (C=O) groups excluding carboxylic acids is 1. The minimum atomic E-state index is -0.399. The molecule has 0 saturated carbocycles. The molecule has 1 aliphatic heterocycles. The first-order valence-corrected chi connectivity index (χ1v) is 11.3. The van der Waals surface area contributed by atoms with Gasteiger partial charge < -0.3 is 15.0 Å². The molecule has 1 amide bonds. The molecule has 0 atom stereocenters. The largest absolute Gasteiger partial charge is 0.444 e. The van der Waals surface area contributed by atoms with Crippen LogP contribution in [0, 0.1) is 5.82 Å². The number of hydrogen-bond acceptors (Lipinski definition) is 6. The number of halogens is 1. The van der Waals surface area contributed by atoms with Crippen LogP contribution in [0.1, 0.15) is 35.6 Å². The number of nitrogens with one attached hydrogen (secondary N) is 1. The monoisotopic (exact) mass is 440 g/mol. The second kappa shape index (κ2) is 9.87. The summed E-state index contributed by atoms with van der Waals surface area (Å²) in [6.45, 7) is 4.49. The fourth-order valence-corrected chi connectivity index (χ4v) is 4.65. The molecule has 0 bridgehead atoms. The Morgan fingerprint density at radius 3 is 2.55 bits per heavy atom. The molecule has 0 unspecified atom stereocenters. The lowest BCUT2D eigenvalue weighted by atomic mass is 9.97. The minimum Gasteiger partial charge on any atom is -0.444 e. The zero-order valence-corrected chi connectivity index (χ0v) is 18.2. The maximum absolute atomic E-state index is 13.1. The van der Waals surface area contributed by atoms with Crippen LogP contribution in [-0.4, -0.2) is 35.7 Å². The summed E-state index contributed by atoms with van der Waals surface area (Å²) in [6.07, 6.45) is 5.26. The third-order valence-corrected chi connectivity index (χ3v) is 6.47. The zero-order chi connectivity index (χ0) is 21.6. The summed E-state index contributed by atoms with van der Waals surface area (Å²) >= 11 is 1.62. The van der Waals surface area contributed by atoms with Crippen molar-refractivity contribution in [1.82, 2.24) is 15.3 Å². The molecule has 0 spiro atoms. The third-order valence-electron chi connectivity index (χ3n) is 5.33. The highest BCUT2D eigenvalue weighted by atomic mass is 32.1. The van der Waals surface area contributed by atoms with E-state index in [9.17, 15) is 9.18 Å². The minimum absolute atomic E-state index is 0.238. The van der Waals surface area contributed by atoms with E-state index < -0.39 is 6.09 Å². The van der Waals surface area contributed by atoms with Gasteiger partial charge in [0.05, 0.1) is 9.88 Å². The molecule has 6 nitrogen and oxygen atoms in total. The number of amides is 1. The van der Waals surface area contributed by atoms with Crippen LogP contribution in [0.25, 0.3) is 11.1 Å². The Labute approximate surface area is 185 Å². The third kappa shape index (κ3) is 5.38. The van der Waals surface area contributed by atoms with Gasteiger partial charge in [0.25, 0.3) is 0 Å². The van der Waals surface area contributed by atoms with Crippen LogP contribution >= 0.6 is 11.3 Å². The highest BCUT2D eigenvalue weighted by molar-refractivity contribution is 7.11. The molecule has 162 valence electrons. The summed E-state index contributed by atoms with van der Waals surface area (Å²) < 4.78 is 18.3. The molecule has 1 aromatic carbocycles. The number of alkyl carbamates (subject to hydrolysis) is 1. The second-order valence-corrected chi connectivity index (χ2v) is 8.59. The van der Waals surface area contributed by atoms with Gasteiger partial charge in [0, 0.05) is 43.5 Å². The molecule has 1 fully saturated rings. The van der Waals surface area contributed by atoms with Gasteiger partial charge >= 0.3 is 6.09 Å². The Kier molecular flexibility index (Phi) is 6.76. The van der Waals surface area contributed by atoms with E-state index >= 15 is 0 Å². The molecule has 3 heterocycles. The van der Waals surface area contributed by atoms with Gasteiger partial charge in [0.15, 0.2) is 0 Å². The first kappa shape index (κ1) is 21.2. The van der Waals surface area contributed by atoms with Gasteiger partial charge in [-0.2, -0.15) is 0 Å². The summed E-state index contributed by atoms with van der Waals surface area (Å²) in [7, 11) is 0.